The van der Waals surface area contributed by atoms with Crippen LogP contribution < -0.4 is 5.32 Å². The van der Waals surface area contributed by atoms with Crippen LogP contribution in [0, 0.1) is 0 Å². The summed E-state index contributed by atoms with van der Waals surface area (Å²) in [7, 11) is 0. The number of hydrogen-bond acceptors (Lipinski definition) is 1. The first-order valence-electron chi connectivity index (χ1n) is 14.4. The number of fused-ring (bicyclic) bond motifs is 7. The summed E-state index contributed by atoms with van der Waals surface area (Å²) < 4.78 is 0. The standard InChI is InChI=1S/C38H37N/c1-2-35-21-10-9-16-29-15-7-4-8-22-36(29)33-19-11-17-30(25-33)31-18-12-20-34(26-31)37-27-32(23-24-38(37)39-35)28-13-5-3-6-14-28/h2,4-5,7-10,12-15,18-21,23-26,37,39H,1,3,6,11,16-17,22,27H2/b10-9+,35-21+. The van der Waals surface area contributed by atoms with Gasteiger partial charge in [0.1, 0.15) is 0 Å². The first kappa shape index (κ1) is 25.2. The lowest BCUT2D eigenvalue weighted by molar-refractivity contribution is 0.714. The molecule has 39 heavy (non-hydrogen) atoms. The Morgan fingerprint density at radius 1 is 0.821 bits per heavy atom. The molecule has 5 aliphatic rings. The van der Waals surface area contributed by atoms with Crippen LogP contribution in [0.4, 0.5) is 0 Å². The molecular weight excluding hydrogens is 470 g/mol. The molecule has 194 valence electrons. The summed E-state index contributed by atoms with van der Waals surface area (Å²) in [6.07, 6.45) is 41.2. The SMILES string of the molecule is C=C/C1=C\C=C\CC2=C(CC=CC=C2)C2=CCCC(=C2)c2cccc(c2)C2CC(C3=CCCC=C3)=CC=C2N1. The van der Waals surface area contributed by atoms with Gasteiger partial charge in [-0.05, 0) is 108 Å². The fourth-order valence-electron chi connectivity index (χ4n) is 6.15. The lowest BCUT2D eigenvalue weighted by atomic mass is 9.80. The molecule has 1 nitrogen and oxygen atoms in total. The van der Waals surface area contributed by atoms with E-state index < -0.39 is 0 Å². The van der Waals surface area contributed by atoms with Gasteiger partial charge in [-0.2, -0.15) is 0 Å². The summed E-state index contributed by atoms with van der Waals surface area (Å²) >= 11 is 0. The average molecular weight is 508 g/mol. The van der Waals surface area contributed by atoms with E-state index >= 15 is 0 Å². The summed E-state index contributed by atoms with van der Waals surface area (Å²) in [5.74, 6) is 0.257. The number of rotatable bonds is 2. The van der Waals surface area contributed by atoms with Crippen LogP contribution in [0.15, 0.2) is 161 Å². The van der Waals surface area contributed by atoms with Crippen molar-refractivity contribution in [1.29, 1.82) is 0 Å². The molecule has 0 saturated heterocycles. The second kappa shape index (κ2) is 11.7. The van der Waals surface area contributed by atoms with Crippen LogP contribution in [-0.2, 0) is 0 Å². The van der Waals surface area contributed by atoms with Crippen LogP contribution in [0.5, 0.6) is 0 Å². The third kappa shape index (κ3) is 5.68. The second-order valence-electron chi connectivity index (χ2n) is 10.8. The Morgan fingerprint density at radius 3 is 2.64 bits per heavy atom. The molecule has 4 aliphatic carbocycles. The van der Waals surface area contributed by atoms with E-state index in [2.05, 4.69) is 121 Å². The molecule has 0 radical (unpaired) electrons. The minimum atomic E-state index is 0.257. The van der Waals surface area contributed by atoms with Gasteiger partial charge in [-0.15, -0.1) is 0 Å². The largest absolute Gasteiger partial charge is 0.358 e. The molecule has 1 heterocycles. The van der Waals surface area contributed by atoms with Crippen molar-refractivity contribution >= 4 is 5.57 Å². The molecule has 1 heteroatoms. The maximum absolute atomic E-state index is 4.11. The first-order chi connectivity index (χ1) is 19.3. The van der Waals surface area contributed by atoms with Gasteiger partial charge in [0.25, 0.3) is 0 Å². The Labute approximate surface area is 233 Å². The summed E-state index contributed by atoms with van der Waals surface area (Å²) in [6.45, 7) is 4.11. The highest BCUT2D eigenvalue weighted by atomic mass is 14.9. The monoisotopic (exact) mass is 507 g/mol. The minimum absolute atomic E-state index is 0.257. The van der Waals surface area contributed by atoms with Crippen LogP contribution in [0.25, 0.3) is 5.57 Å². The zero-order valence-corrected chi connectivity index (χ0v) is 22.7. The van der Waals surface area contributed by atoms with Crippen LogP contribution in [0.1, 0.15) is 62.0 Å². The average Bonchev–Trinajstić information content (AvgIpc) is 3.24. The van der Waals surface area contributed by atoms with Crippen molar-refractivity contribution in [2.24, 2.45) is 0 Å². The Hall–Kier alpha value is -4.10. The molecular formula is C38H37N. The van der Waals surface area contributed by atoms with Gasteiger partial charge in [-0.1, -0.05) is 104 Å². The summed E-state index contributed by atoms with van der Waals surface area (Å²) in [5, 5.41) is 3.74. The zero-order valence-electron chi connectivity index (χ0n) is 22.7. The van der Waals surface area contributed by atoms with Crippen molar-refractivity contribution < 1.29 is 0 Å². The van der Waals surface area contributed by atoms with Crippen molar-refractivity contribution in [2.45, 2.75) is 50.9 Å². The van der Waals surface area contributed by atoms with Crippen LogP contribution in [0.2, 0.25) is 0 Å². The molecule has 1 atom stereocenters. The first-order valence-corrected chi connectivity index (χ1v) is 14.4. The molecule has 1 aromatic rings. The molecule has 0 aromatic heterocycles. The van der Waals surface area contributed by atoms with E-state index in [4.69, 9.17) is 0 Å². The Bertz CT molecular complexity index is 1500. The predicted octanol–water partition coefficient (Wildman–Crippen LogP) is 9.80. The fourth-order valence-corrected chi connectivity index (χ4v) is 6.15. The maximum atomic E-state index is 4.11. The topological polar surface area (TPSA) is 12.0 Å². The highest BCUT2D eigenvalue weighted by molar-refractivity contribution is 5.73. The summed E-state index contributed by atoms with van der Waals surface area (Å²) in [4.78, 5) is 0. The van der Waals surface area contributed by atoms with Gasteiger partial charge < -0.3 is 5.32 Å². The molecule has 1 aromatic carbocycles. The van der Waals surface area contributed by atoms with Gasteiger partial charge in [0.15, 0.2) is 0 Å². The van der Waals surface area contributed by atoms with Crippen molar-refractivity contribution in [3.05, 3.63) is 172 Å². The molecule has 1 aliphatic heterocycles. The molecule has 0 saturated carbocycles. The number of hydrogen-bond donors (Lipinski definition) is 1. The lowest BCUT2D eigenvalue weighted by Gasteiger charge is -2.28. The minimum Gasteiger partial charge on any atom is -0.358 e. The number of nitrogens with one attached hydrogen (secondary N) is 1. The highest BCUT2D eigenvalue weighted by Crippen LogP contribution is 2.40. The Kier molecular flexibility index (Phi) is 7.59. The van der Waals surface area contributed by atoms with E-state index in [1.54, 1.807) is 0 Å². The van der Waals surface area contributed by atoms with Crippen molar-refractivity contribution in [2.75, 3.05) is 0 Å². The van der Waals surface area contributed by atoms with Crippen molar-refractivity contribution in [1.82, 2.24) is 5.32 Å². The summed E-state index contributed by atoms with van der Waals surface area (Å²) in [6, 6.07) is 9.29. The fraction of sp³-hybridized carbons (Fsp3) is 0.211. The lowest BCUT2D eigenvalue weighted by Crippen LogP contribution is -2.21. The molecule has 1 unspecified atom stereocenters. The van der Waals surface area contributed by atoms with Crippen LogP contribution in [-0.4, -0.2) is 0 Å². The van der Waals surface area contributed by atoms with E-state index in [9.17, 15) is 0 Å². The van der Waals surface area contributed by atoms with Gasteiger partial charge in [-0.25, -0.2) is 0 Å². The van der Waals surface area contributed by atoms with E-state index in [1.165, 1.54) is 50.3 Å². The van der Waals surface area contributed by atoms with Gasteiger partial charge >= 0.3 is 0 Å². The third-order valence-corrected chi connectivity index (χ3v) is 8.26. The molecule has 0 spiro atoms. The second-order valence-corrected chi connectivity index (χ2v) is 10.8. The molecule has 0 amide bonds. The van der Waals surface area contributed by atoms with Crippen LogP contribution >= 0.6 is 0 Å². The molecule has 6 rings (SSSR count). The Balaban J connectivity index is 1.46. The molecule has 1 N–H and O–H groups in total. The van der Waals surface area contributed by atoms with Gasteiger partial charge in [0, 0.05) is 17.3 Å². The van der Waals surface area contributed by atoms with E-state index in [-0.39, 0.29) is 5.92 Å². The predicted molar refractivity (Wildman–Crippen MR) is 167 cm³/mol. The Morgan fingerprint density at radius 2 is 1.74 bits per heavy atom. The highest BCUT2D eigenvalue weighted by Gasteiger charge is 2.24. The maximum Gasteiger partial charge on any atom is 0.0375 e. The number of benzene rings is 1. The van der Waals surface area contributed by atoms with E-state index in [1.807, 2.05) is 6.08 Å². The zero-order chi connectivity index (χ0) is 26.4. The van der Waals surface area contributed by atoms with Gasteiger partial charge in [0.05, 0.1) is 0 Å². The number of allylic oxidation sites excluding steroid dienone is 22. The summed E-state index contributed by atoms with van der Waals surface area (Å²) in [5.41, 5.74) is 13.4. The van der Waals surface area contributed by atoms with Crippen LogP contribution in [0.3, 0.4) is 0 Å². The van der Waals surface area contributed by atoms with E-state index in [0.29, 0.717) is 0 Å². The molecule has 4 bridgehead atoms. The smallest absolute Gasteiger partial charge is 0.0375 e. The quantitative estimate of drug-likeness (QED) is 0.420. The molecule has 0 fully saturated rings. The van der Waals surface area contributed by atoms with Crippen molar-refractivity contribution in [3.63, 3.8) is 0 Å². The van der Waals surface area contributed by atoms with Gasteiger partial charge in [0.2, 0.25) is 0 Å². The third-order valence-electron chi connectivity index (χ3n) is 8.26. The van der Waals surface area contributed by atoms with Crippen molar-refractivity contribution in [3.8, 4) is 0 Å². The van der Waals surface area contributed by atoms with E-state index in [0.717, 1.165) is 50.6 Å². The normalized spacial score (nSPS) is 24.8. The van der Waals surface area contributed by atoms with Gasteiger partial charge in [-0.3, -0.25) is 0 Å².